The zero-order chi connectivity index (χ0) is 21.1. The van der Waals surface area contributed by atoms with Crippen LogP contribution in [0.15, 0.2) is 41.3 Å². The molecule has 0 heterocycles. The monoisotopic (exact) mass is 408 g/mol. The van der Waals surface area contributed by atoms with E-state index in [9.17, 15) is 22.4 Å². The molecule has 0 aliphatic heterocycles. The second kappa shape index (κ2) is 8.39. The number of ether oxygens (including phenoxy) is 1. The van der Waals surface area contributed by atoms with Gasteiger partial charge in [-0.05, 0) is 48.9 Å². The van der Waals surface area contributed by atoms with Gasteiger partial charge in [0.25, 0.3) is 5.91 Å². The van der Waals surface area contributed by atoms with E-state index in [1.165, 1.54) is 50.4 Å². The molecule has 150 valence electrons. The number of sulfone groups is 1. The number of amides is 2. The van der Waals surface area contributed by atoms with Crippen molar-refractivity contribution in [1.29, 1.82) is 0 Å². The number of primary amides is 1. The van der Waals surface area contributed by atoms with Crippen LogP contribution in [-0.2, 0) is 14.6 Å². The first-order valence-electron chi connectivity index (χ1n) is 8.32. The Morgan fingerprint density at radius 3 is 2.46 bits per heavy atom. The number of carbonyl (C=O) groups is 2. The molecule has 0 aliphatic carbocycles. The maximum absolute atomic E-state index is 13.4. The van der Waals surface area contributed by atoms with Crippen LogP contribution in [0.5, 0.6) is 5.75 Å². The summed E-state index contributed by atoms with van der Waals surface area (Å²) in [4.78, 5) is 23.7. The number of nitrogens with two attached hydrogens (primary N) is 1. The van der Waals surface area contributed by atoms with Gasteiger partial charge in [-0.3, -0.25) is 9.59 Å². The van der Waals surface area contributed by atoms with Gasteiger partial charge < -0.3 is 15.8 Å². The molecule has 0 aliphatic rings. The van der Waals surface area contributed by atoms with Gasteiger partial charge in [-0.25, -0.2) is 12.8 Å². The van der Waals surface area contributed by atoms with Gasteiger partial charge in [-0.1, -0.05) is 6.92 Å². The summed E-state index contributed by atoms with van der Waals surface area (Å²) in [6.45, 7) is 2.96. The topological polar surface area (TPSA) is 116 Å². The summed E-state index contributed by atoms with van der Waals surface area (Å²) in [5, 5.41) is 2.58. The number of hydrogen-bond donors (Lipinski definition) is 2. The lowest BCUT2D eigenvalue weighted by Crippen LogP contribution is -2.27. The van der Waals surface area contributed by atoms with Gasteiger partial charge in [-0.2, -0.15) is 0 Å². The van der Waals surface area contributed by atoms with Crippen molar-refractivity contribution in [3.05, 3.63) is 53.3 Å². The first-order valence-corrected chi connectivity index (χ1v) is 9.98. The van der Waals surface area contributed by atoms with Crippen molar-refractivity contribution in [3.63, 3.8) is 0 Å². The Morgan fingerprint density at radius 1 is 1.21 bits per heavy atom. The molecule has 0 spiro atoms. The molecule has 2 rings (SSSR count). The molecule has 9 heteroatoms. The van der Waals surface area contributed by atoms with E-state index in [4.69, 9.17) is 10.5 Å². The minimum absolute atomic E-state index is 0.0164. The van der Waals surface area contributed by atoms with Gasteiger partial charge in [0.15, 0.2) is 9.84 Å². The molecule has 0 aromatic heterocycles. The number of hydrogen-bond acceptors (Lipinski definition) is 5. The molecular formula is C19H21FN2O5S. The summed E-state index contributed by atoms with van der Waals surface area (Å²) in [5.41, 5.74) is 5.82. The number of halogens is 1. The number of anilines is 1. The Balaban J connectivity index is 2.37. The van der Waals surface area contributed by atoms with Gasteiger partial charge in [0, 0.05) is 11.6 Å². The number of benzene rings is 2. The van der Waals surface area contributed by atoms with Crippen molar-refractivity contribution in [2.45, 2.75) is 18.7 Å². The molecule has 2 aromatic rings. The average Bonchev–Trinajstić information content (AvgIpc) is 2.63. The quantitative estimate of drug-likeness (QED) is 0.729. The first kappa shape index (κ1) is 21.4. The largest absolute Gasteiger partial charge is 0.496 e. The predicted molar refractivity (Wildman–Crippen MR) is 102 cm³/mol. The first-order chi connectivity index (χ1) is 13.0. The normalized spacial score (nSPS) is 12.3. The van der Waals surface area contributed by atoms with Crippen molar-refractivity contribution in [2.75, 3.05) is 18.2 Å². The van der Waals surface area contributed by atoms with Crippen molar-refractivity contribution in [2.24, 2.45) is 11.7 Å². The van der Waals surface area contributed by atoms with E-state index in [0.717, 1.165) is 0 Å². The summed E-state index contributed by atoms with van der Waals surface area (Å²) < 4.78 is 43.6. The predicted octanol–water partition coefficient (Wildman–Crippen LogP) is 2.29. The number of rotatable bonds is 7. The van der Waals surface area contributed by atoms with E-state index < -0.39 is 39.1 Å². The summed E-state index contributed by atoms with van der Waals surface area (Å²) in [5.74, 6) is -2.96. The highest BCUT2D eigenvalue weighted by atomic mass is 32.2. The third kappa shape index (κ3) is 4.86. The molecule has 0 saturated carbocycles. The lowest BCUT2D eigenvalue weighted by molar-refractivity contribution is -0.120. The number of methoxy groups -OCH3 is 1. The SMILES string of the molecule is COc1ccc(S(=O)(=O)C[C@@H](C)C(N)=O)cc1C(=O)Nc1ccc(F)c(C)c1. The van der Waals surface area contributed by atoms with E-state index in [2.05, 4.69) is 5.32 Å². The minimum Gasteiger partial charge on any atom is -0.496 e. The smallest absolute Gasteiger partial charge is 0.259 e. The molecular weight excluding hydrogens is 387 g/mol. The fraction of sp³-hybridized carbons (Fsp3) is 0.263. The molecule has 0 saturated heterocycles. The van der Waals surface area contributed by atoms with Crippen LogP contribution < -0.4 is 15.8 Å². The van der Waals surface area contributed by atoms with Gasteiger partial charge in [-0.15, -0.1) is 0 Å². The van der Waals surface area contributed by atoms with Crippen LogP contribution in [0.3, 0.4) is 0 Å². The zero-order valence-corrected chi connectivity index (χ0v) is 16.5. The second-order valence-corrected chi connectivity index (χ2v) is 8.40. The lowest BCUT2D eigenvalue weighted by Gasteiger charge is -2.13. The Morgan fingerprint density at radius 2 is 1.89 bits per heavy atom. The van der Waals surface area contributed by atoms with Crippen molar-refractivity contribution in [3.8, 4) is 5.75 Å². The van der Waals surface area contributed by atoms with Crippen LogP contribution in [0, 0.1) is 18.7 Å². The molecule has 2 amide bonds. The van der Waals surface area contributed by atoms with Crippen LogP contribution in [0.4, 0.5) is 10.1 Å². The highest BCUT2D eigenvalue weighted by molar-refractivity contribution is 7.91. The van der Waals surface area contributed by atoms with E-state index in [1.807, 2.05) is 0 Å². The third-order valence-corrected chi connectivity index (χ3v) is 6.06. The second-order valence-electron chi connectivity index (χ2n) is 6.37. The van der Waals surface area contributed by atoms with Crippen LogP contribution in [0.25, 0.3) is 0 Å². The minimum atomic E-state index is -3.86. The molecule has 28 heavy (non-hydrogen) atoms. The van der Waals surface area contributed by atoms with Crippen LogP contribution in [0.1, 0.15) is 22.8 Å². The highest BCUT2D eigenvalue weighted by Crippen LogP contribution is 2.25. The molecule has 0 fully saturated rings. The van der Waals surface area contributed by atoms with Gasteiger partial charge in [0.05, 0.1) is 23.3 Å². The lowest BCUT2D eigenvalue weighted by atomic mass is 10.1. The number of nitrogens with one attached hydrogen (secondary N) is 1. The Hall–Kier alpha value is -2.94. The Labute approximate surface area is 162 Å². The maximum Gasteiger partial charge on any atom is 0.259 e. The summed E-state index contributed by atoms with van der Waals surface area (Å²) in [6, 6.07) is 7.88. The Kier molecular flexibility index (Phi) is 6.40. The Bertz CT molecular complexity index is 1020. The fourth-order valence-electron chi connectivity index (χ4n) is 2.49. The van der Waals surface area contributed by atoms with Crippen LogP contribution >= 0.6 is 0 Å². The standard InChI is InChI=1S/C19H21FN2O5S/c1-11-8-13(4-6-16(11)20)22-19(24)15-9-14(5-7-17(15)27-3)28(25,26)10-12(2)18(21)23/h4-9,12H,10H2,1-3H3,(H2,21,23)(H,22,24)/t12-/m1/s1. The number of carbonyl (C=O) groups excluding carboxylic acids is 2. The molecule has 7 nitrogen and oxygen atoms in total. The highest BCUT2D eigenvalue weighted by Gasteiger charge is 2.24. The molecule has 0 radical (unpaired) electrons. The molecule has 3 N–H and O–H groups in total. The third-order valence-electron chi connectivity index (χ3n) is 4.15. The van der Waals surface area contributed by atoms with E-state index in [1.54, 1.807) is 6.92 Å². The fourth-order valence-corrected chi connectivity index (χ4v) is 4.07. The van der Waals surface area contributed by atoms with E-state index in [-0.39, 0.29) is 16.2 Å². The van der Waals surface area contributed by atoms with Crippen LogP contribution in [0.2, 0.25) is 0 Å². The van der Waals surface area contributed by atoms with Crippen molar-refractivity contribution in [1.82, 2.24) is 0 Å². The summed E-state index contributed by atoms with van der Waals surface area (Å²) >= 11 is 0. The van der Waals surface area contributed by atoms with E-state index >= 15 is 0 Å². The zero-order valence-electron chi connectivity index (χ0n) is 15.7. The maximum atomic E-state index is 13.4. The van der Waals surface area contributed by atoms with E-state index in [0.29, 0.717) is 11.3 Å². The summed E-state index contributed by atoms with van der Waals surface area (Å²) in [7, 11) is -2.51. The van der Waals surface area contributed by atoms with Crippen molar-refractivity contribution < 1.29 is 27.1 Å². The van der Waals surface area contributed by atoms with Crippen molar-refractivity contribution >= 4 is 27.3 Å². The van der Waals surface area contributed by atoms with Gasteiger partial charge in [0.2, 0.25) is 5.91 Å². The van der Waals surface area contributed by atoms with Crippen LogP contribution in [-0.4, -0.2) is 33.1 Å². The molecule has 1 atom stereocenters. The molecule has 0 unspecified atom stereocenters. The average molecular weight is 408 g/mol. The summed E-state index contributed by atoms with van der Waals surface area (Å²) in [6.07, 6.45) is 0. The number of aryl methyl sites for hydroxylation is 1. The molecule has 2 aromatic carbocycles. The van der Waals surface area contributed by atoms with Gasteiger partial charge >= 0.3 is 0 Å². The molecule has 0 bridgehead atoms. The van der Waals surface area contributed by atoms with Gasteiger partial charge in [0.1, 0.15) is 11.6 Å².